The van der Waals surface area contributed by atoms with Crippen molar-refractivity contribution in [2.45, 2.75) is 31.9 Å². The fraction of sp³-hybridized carbons (Fsp3) is 0.588. The first-order chi connectivity index (χ1) is 10.8. The molecular formula is C17H24N2O3. The molecule has 5 nitrogen and oxygen atoms in total. The molecule has 2 fully saturated rings. The van der Waals surface area contributed by atoms with Gasteiger partial charge in [0.05, 0.1) is 25.7 Å². The standard InChI is InChI=1S/C17H24N2O3/c20-17(12-16-2-1-9-22-16)18-13-14-3-5-15(6-4-14)19-7-10-21-11-8-19/h3-6,16H,1-2,7-13H2,(H,18,20). The summed E-state index contributed by atoms with van der Waals surface area (Å²) < 4.78 is 10.8. The molecule has 2 aliphatic rings. The number of ether oxygens (including phenoxy) is 2. The predicted molar refractivity (Wildman–Crippen MR) is 84.9 cm³/mol. The number of carbonyl (C=O) groups excluding carboxylic acids is 1. The number of hydrogen-bond donors (Lipinski definition) is 1. The number of benzene rings is 1. The van der Waals surface area contributed by atoms with Gasteiger partial charge in [-0.05, 0) is 30.5 Å². The van der Waals surface area contributed by atoms with Gasteiger partial charge in [-0.1, -0.05) is 12.1 Å². The Balaban J connectivity index is 1.45. The van der Waals surface area contributed by atoms with Crippen LogP contribution in [0.15, 0.2) is 24.3 Å². The van der Waals surface area contributed by atoms with E-state index < -0.39 is 0 Å². The largest absolute Gasteiger partial charge is 0.378 e. The molecule has 22 heavy (non-hydrogen) atoms. The zero-order valence-corrected chi connectivity index (χ0v) is 12.9. The van der Waals surface area contributed by atoms with Crippen molar-refractivity contribution in [1.82, 2.24) is 5.32 Å². The molecule has 0 aliphatic carbocycles. The van der Waals surface area contributed by atoms with Crippen LogP contribution in [-0.4, -0.2) is 44.9 Å². The molecule has 1 N–H and O–H groups in total. The van der Waals surface area contributed by atoms with Gasteiger partial charge in [0, 0.05) is 31.9 Å². The summed E-state index contributed by atoms with van der Waals surface area (Å²) in [6.07, 6.45) is 2.66. The topological polar surface area (TPSA) is 50.8 Å². The summed E-state index contributed by atoms with van der Waals surface area (Å²) in [6.45, 7) is 4.84. The lowest BCUT2D eigenvalue weighted by Crippen LogP contribution is -2.36. The smallest absolute Gasteiger partial charge is 0.222 e. The average molecular weight is 304 g/mol. The van der Waals surface area contributed by atoms with Gasteiger partial charge in [0.15, 0.2) is 0 Å². The maximum absolute atomic E-state index is 11.9. The molecule has 120 valence electrons. The predicted octanol–water partition coefficient (Wildman–Crippen LogP) is 1.71. The second-order valence-electron chi connectivity index (χ2n) is 5.88. The van der Waals surface area contributed by atoms with Crippen molar-refractivity contribution in [1.29, 1.82) is 0 Å². The zero-order valence-electron chi connectivity index (χ0n) is 12.9. The second-order valence-corrected chi connectivity index (χ2v) is 5.88. The number of amides is 1. The van der Waals surface area contributed by atoms with Crippen LogP contribution in [0, 0.1) is 0 Å². The van der Waals surface area contributed by atoms with Crippen molar-refractivity contribution in [3.8, 4) is 0 Å². The summed E-state index contributed by atoms with van der Waals surface area (Å²) in [7, 11) is 0. The van der Waals surface area contributed by atoms with E-state index in [1.165, 1.54) is 5.69 Å². The Labute approximate surface area is 131 Å². The van der Waals surface area contributed by atoms with Gasteiger partial charge in [-0.15, -0.1) is 0 Å². The van der Waals surface area contributed by atoms with E-state index in [1.54, 1.807) is 0 Å². The third-order valence-electron chi connectivity index (χ3n) is 4.24. The Kier molecular flexibility index (Phi) is 5.29. The molecule has 1 aromatic carbocycles. The van der Waals surface area contributed by atoms with Crippen LogP contribution in [-0.2, 0) is 20.8 Å². The number of hydrogen-bond acceptors (Lipinski definition) is 4. The molecule has 1 aromatic rings. The van der Waals surface area contributed by atoms with Crippen LogP contribution in [0.2, 0.25) is 0 Å². The lowest BCUT2D eigenvalue weighted by atomic mass is 10.1. The Bertz CT molecular complexity index is 477. The van der Waals surface area contributed by atoms with Gasteiger partial charge in [-0.2, -0.15) is 0 Å². The first-order valence-corrected chi connectivity index (χ1v) is 8.11. The Morgan fingerprint density at radius 2 is 1.95 bits per heavy atom. The van der Waals surface area contributed by atoms with Crippen LogP contribution in [0.4, 0.5) is 5.69 Å². The maximum Gasteiger partial charge on any atom is 0.222 e. The Hall–Kier alpha value is -1.59. The molecule has 3 rings (SSSR count). The fourth-order valence-electron chi connectivity index (χ4n) is 2.93. The van der Waals surface area contributed by atoms with E-state index in [9.17, 15) is 4.79 Å². The molecule has 1 unspecified atom stereocenters. The van der Waals surface area contributed by atoms with Gasteiger partial charge in [-0.25, -0.2) is 0 Å². The molecular weight excluding hydrogens is 280 g/mol. The van der Waals surface area contributed by atoms with E-state index in [-0.39, 0.29) is 12.0 Å². The van der Waals surface area contributed by atoms with E-state index >= 15 is 0 Å². The van der Waals surface area contributed by atoms with Crippen molar-refractivity contribution >= 4 is 11.6 Å². The van der Waals surface area contributed by atoms with Gasteiger partial charge >= 0.3 is 0 Å². The SMILES string of the molecule is O=C(CC1CCCO1)NCc1ccc(N2CCOCC2)cc1. The highest BCUT2D eigenvalue weighted by molar-refractivity contribution is 5.76. The first-order valence-electron chi connectivity index (χ1n) is 8.11. The third-order valence-corrected chi connectivity index (χ3v) is 4.24. The van der Waals surface area contributed by atoms with Gasteiger partial charge < -0.3 is 19.7 Å². The van der Waals surface area contributed by atoms with Crippen LogP contribution in [0.1, 0.15) is 24.8 Å². The van der Waals surface area contributed by atoms with Crippen LogP contribution in [0.25, 0.3) is 0 Å². The monoisotopic (exact) mass is 304 g/mol. The van der Waals surface area contributed by atoms with Crippen molar-refractivity contribution in [3.63, 3.8) is 0 Å². The number of rotatable bonds is 5. The normalized spacial score (nSPS) is 21.8. The van der Waals surface area contributed by atoms with E-state index in [0.717, 1.165) is 51.3 Å². The third kappa shape index (κ3) is 4.21. The minimum atomic E-state index is 0.0733. The average Bonchev–Trinajstić information content (AvgIpc) is 3.07. The molecule has 1 atom stereocenters. The highest BCUT2D eigenvalue weighted by atomic mass is 16.5. The van der Waals surface area contributed by atoms with Crippen molar-refractivity contribution in [2.75, 3.05) is 37.8 Å². The molecule has 0 spiro atoms. The van der Waals surface area contributed by atoms with E-state index in [0.29, 0.717) is 13.0 Å². The quantitative estimate of drug-likeness (QED) is 0.900. The number of nitrogens with zero attached hydrogens (tertiary/aromatic N) is 1. The Morgan fingerprint density at radius 1 is 1.18 bits per heavy atom. The molecule has 5 heteroatoms. The van der Waals surface area contributed by atoms with Crippen LogP contribution >= 0.6 is 0 Å². The maximum atomic E-state index is 11.9. The molecule has 2 aliphatic heterocycles. The van der Waals surface area contributed by atoms with E-state index in [2.05, 4.69) is 34.5 Å². The molecule has 0 radical (unpaired) electrons. The highest BCUT2D eigenvalue weighted by Crippen LogP contribution is 2.17. The molecule has 2 heterocycles. The summed E-state index contributed by atoms with van der Waals surface area (Å²) in [4.78, 5) is 14.2. The number of morpholine rings is 1. The van der Waals surface area contributed by atoms with Crippen molar-refractivity contribution in [2.24, 2.45) is 0 Å². The summed E-state index contributed by atoms with van der Waals surface area (Å²) in [5, 5.41) is 2.97. The molecule has 1 amide bonds. The van der Waals surface area contributed by atoms with Gasteiger partial charge in [0.25, 0.3) is 0 Å². The Morgan fingerprint density at radius 3 is 2.64 bits per heavy atom. The molecule has 0 aromatic heterocycles. The molecule has 2 saturated heterocycles. The number of nitrogens with one attached hydrogen (secondary N) is 1. The van der Waals surface area contributed by atoms with Gasteiger partial charge in [0.2, 0.25) is 5.91 Å². The van der Waals surface area contributed by atoms with Crippen LogP contribution < -0.4 is 10.2 Å². The van der Waals surface area contributed by atoms with Crippen molar-refractivity contribution < 1.29 is 14.3 Å². The minimum Gasteiger partial charge on any atom is -0.378 e. The van der Waals surface area contributed by atoms with E-state index in [4.69, 9.17) is 9.47 Å². The lowest BCUT2D eigenvalue weighted by Gasteiger charge is -2.28. The van der Waals surface area contributed by atoms with Gasteiger partial charge in [-0.3, -0.25) is 4.79 Å². The first kappa shape index (κ1) is 15.3. The van der Waals surface area contributed by atoms with E-state index in [1.807, 2.05) is 0 Å². The van der Waals surface area contributed by atoms with Crippen molar-refractivity contribution in [3.05, 3.63) is 29.8 Å². The summed E-state index contributed by atoms with van der Waals surface area (Å²) >= 11 is 0. The molecule has 0 bridgehead atoms. The second kappa shape index (κ2) is 7.61. The highest BCUT2D eigenvalue weighted by Gasteiger charge is 2.18. The lowest BCUT2D eigenvalue weighted by molar-refractivity contribution is -0.123. The number of carbonyl (C=O) groups is 1. The summed E-state index contributed by atoms with van der Waals surface area (Å²) in [6, 6.07) is 8.40. The van der Waals surface area contributed by atoms with Crippen LogP contribution in [0.5, 0.6) is 0 Å². The molecule has 0 saturated carbocycles. The minimum absolute atomic E-state index is 0.0733. The summed E-state index contributed by atoms with van der Waals surface area (Å²) in [5.41, 5.74) is 2.34. The van der Waals surface area contributed by atoms with Crippen LogP contribution in [0.3, 0.4) is 0 Å². The number of anilines is 1. The van der Waals surface area contributed by atoms with Gasteiger partial charge in [0.1, 0.15) is 0 Å². The fourth-order valence-corrected chi connectivity index (χ4v) is 2.93. The zero-order chi connectivity index (χ0) is 15.2. The summed E-state index contributed by atoms with van der Waals surface area (Å²) in [5.74, 6) is 0.0733.